The average molecular weight is 332 g/mol. The second-order valence-corrected chi connectivity index (χ2v) is 7.60. The van der Waals surface area contributed by atoms with Gasteiger partial charge >= 0.3 is 0 Å². The molecule has 1 amide bonds. The summed E-state index contributed by atoms with van der Waals surface area (Å²) >= 11 is 1.34. The third-order valence-corrected chi connectivity index (χ3v) is 5.74. The fourth-order valence-corrected chi connectivity index (χ4v) is 3.88. The first kappa shape index (κ1) is 16.3. The van der Waals surface area contributed by atoms with Crippen LogP contribution in [-0.2, 0) is 10.2 Å². The number of amides is 1. The molecule has 9 heteroatoms. The lowest BCUT2D eigenvalue weighted by molar-refractivity contribution is 0.0953. The molecule has 0 aliphatic carbocycles. The highest BCUT2D eigenvalue weighted by molar-refractivity contribution is 7.86. The fourth-order valence-electron chi connectivity index (χ4n) is 2.44. The Hall–Kier alpha value is -1.03. The van der Waals surface area contributed by atoms with E-state index in [4.69, 9.17) is 5.14 Å². The Morgan fingerprint density at radius 3 is 2.71 bits per heavy atom. The van der Waals surface area contributed by atoms with E-state index in [2.05, 4.69) is 10.3 Å². The van der Waals surface area contributed by atoms with Crippen LogP contribution in [0.5, 0.6) is 0 Å². The number of piperidine rings is 1. The van der Waals surface area contributed by atoms with Crippen LogP contribution in [0.4, 0.5) is 0 Å². The van der Waals surface area contributed by atoms with Gasteiger partial charge in [0, 0.05) is 19.6 Å². The molecule has 3 N–H and O–H groups in total. The molecular weight excluding hydrogens is 312 g/mol. The van der Waals surface area contributed by atoms with Gasteiger partial charge in [0.1, 0.15) is 4.88 Å². The van der Waals surface area contributed by atoms with Gasteiger partial charge in [0.25, 0.3) is 16.1 Å². The predicted molar refractivity (Wildman–Crippen MR) is 81.2 cm³/mol. The average Bonchev–Trinajstić information content (AvgIpc) is 2.84. The molecule has 1 aromatic rings. The molecule has 2 heterocycles. The van der Waals surface area contributed by atoms with Crippen LogP contribution in [0, 0.1) is 12.8 Å². The van der Waals surface area contributed by atoms with Crippen molar-refractivity contribution in [2.24, 2.45) is 11.1 Å². The Morgan fingerprint density at radius 2 is 2.19 bits per heavy atom. The Balaban J connectivity index is 1.71. The molecule has 2 rings (SSSR count). The SMILES string of the molecule is Cc1ncsc1C(=O)NCCC1CCN(S(N)(=O)=O)CC1. The standard InChI is InChI=1S/C12H20N4O3S2/c1-9-11(20-8-15-9)12(17)14-5-2-10-3-6-16(7-4-10)21(13,18)19/h8,10H,2-7H2,1H3,(H,14,17)(H2,13,18,19). The van der Waals surface area contributed by atoms with Crippen LogP contribution in [0.1, 0.15) is 34.6 Å². The van der Waals surface area contributed by atoms with E-state index in [0.29, 0.717) is 30.4 Å². The largest absolute Gasteiger partial charge is 0.351 e. The minimum Gasteiger partial charge on any atom is -0.351 e. The van der Waals surface area contributed by atoms with Gasteiger partial charge in [-0.1, -0.05) is 0 Å². The number of aromatic nitrogens is 1. The number of carbonyl (C=O) groups is 1. The minimum atomic E-state index is -3.56. The van der Waals surface area contributed by atoms with Crippen LogP contribution in [-0.4, -0.2) is 43.2 Å². The smallest absolute Gasteiger partial charge is 0.276 e. The van der Waals surface area contributed by atoms with Crippen molar-refractivity contribution in [1.82, 2.24) is 14.6 Å². The molecule has 1 saturated heterocycles. The summed E-state index contributed by atoms with van der Waals surface area (Å²) in [6, 6.07) is 0. The van der Waals surface area contributed by atoms with Crippen LogP contribution >= 0.6 is 11.3 Å². The Kier molecular flexibility index (Phi) is 5.31. The molecule has 0 bridgehead atoms. The van der Waals surface area contributed by atoms with E-state index in [1.165, 1.54) is 15.6 Å². The lowest BCUT2D eigenvalue weighted by Gasteiger charge is -2.29. The molecule has 0 saturated carbocycles. The van der Waals surface area contributed by atoms with Gasteiger partial charge in [-0.3, -0.25) is 4.79 Å². The molecule has 0 aromatic carbocycles. The van der Waals surface area contributed by atoms with Gasteiger partial charge in [0.05, 0.1) is 11.2 Å². The molecule has 7 nitrogen and oxygen atoms in total. The monoisotopic (exact) mass is 332 g/mol. The molecule has 0 atom stereocenters. The third kappa shape index (κ3) is 4.47. The van der Waals surface area contributed by atoms with Crippen molar-refractivity contribution < 1.29 is 13.2 Å². The van der Waals surface area contributed by atoms with Crippen molar-refractivity contribution in [2.45, 2.75) is 26.2 Å². The highest BCUT2D eigenvalue weighted by Crippen LogP contribution is 2.21. The maximum Gasteiger partial charge on any atom is 0.276 e. The van der Waals surface area contributed by atoms with Crippen LogP contribution in [0.2, 0.25) is 0 Å². The van der Waals surface area contributed by atoms with Crippen LogP contribution in [0.15, 0.2) is 5.51 Å². The molecule has 1 fully saturated rings. The van der Waals surface area contributed by atoms with Gasteiger partial charge in [-0.2, -0.15) is 12.7 Å². The molecular formula is C12H20N4O3S2. The number of nitrogens with zero attached hydrogens (tertiary/aromatic N) is 2. The molecule has 1 aliphatic heterocycles. The number of hydrogen-bond donors (Lipinski definition) is 2. The van der Waals surface area contributed by atoms with Gasteiger partial charge in [-0.25, -0.2) is 10.1 Å². The first-order valence-electron chi connectivity index (χ1n) is 6.84. The lowest BCUT2D eigenvalue weighted by Crippen LogP contribution is -2.42. The Bertz CT molecular complexity index is 591. The van der Waals surface area contributed by atoms with E-state index in [1.807, 2.05) is 6.92 Å². The summed E-state index contributed by atoms with van der Waals surface area (Å²) in [7, 11) is -3.56. The number of thiazole rings is 1. The number of nitrogens with one attached hydrogen (secondary N) is 1. The van der Waals surface area contributed by atoms with Gasteiger partial charge < -0.3 is 5.32 Å². The number of carbonyl (C=O) groups excluding carboxylic acids is 1. The molecule has 0 unspecified atom stereocenters. The normalized spacial score (nSPS) is 17.8. The van der Waals surface area contributed by atoms with Gasteiger partial charge in [0.15, 0.2) is 0 Å². The summed E-state index contributed by atoms with van der Waals surface area (Å²) in [5.74, 6) is 0.336. The van der Waals surface area contributed by atoms with Crippen LogP contribution < -0.4 is 10.5 Å². The first-order chi connectivity index (χ1) is 9.88. The molecule has 0 spiro atoms. The Labute approximate surface area is 128 Å². The van der Waals surface area contributed by atoms with Crippen molar-refractivity contribution in [3.8, 4) is 0 Å². The van der Waals surface area contributed by atoms with Gasteiger partial charge in [0.2, 0.25) is 0 Å². The molecule has 1 aliphatic rings. The van der Waals surface area contributed by atoms with Gasteiger partial charge in [-0.05, 0) is 32.1 Å². The second-order valence-electron chi connectivity index (χ2n) is 5.20. The summed E-state index contributed by atoms with van der Waals surface area (Å²) in [6.07, 6.45) is 2.42. The zero-order valence-corrected chi connectivity index (χ0v) is 13.5. The van der Waals surface area contributed by atoms with Crippen LogP contribution in [0.3, 0.4) is 0 Å². The van der Waals surface area contributed by atoms with Crippen molar-refractivity contribution >= 4 is 27.5 Å². The molecule has 0 radical (unpaired) electrons. The summed E-state index contributed by atoms with van der Waals surface area (Å²) in [6.45, 7) is 3.33. The maximum absolute atomic E-state index is 11.9. The molecule has 21 heavy (non-hydrogen) atoms. The first-order valence-corrected chi connectivity index (χ1v) is 9.22. The summed E-state index contributed by atoms with van der Waals surface area (Å²) in [5.41, 5.74) is 2.41. The van der Waals surface area contributed by atoms with E-state index in [9.17, 15) is 13.2 Å². The van der Waals surface area contributed by atoms with E-state index in [1.54, 1.807) is 5.51 Å². The highest BCUT2D eigenvalue weighted by Gasteiger charge is 2.25. The molecule has 1 aromatic heterocycles. The zero-order chi connectivity index (χ0) is 15.5. The van der Waals surface area contributed by atoms with Crippen molar-refractivity contribution in [3.63, 3.8) is 0 Å². The topological polar surface area (TPSA) is 105 Å². The van der Waals surface area contributed by atoms with E-state index in [0.717, 1.165) is 25.0 Å². The third-order valence-electron chi connectivity index (χ3n) is 3.72. The summed E-state index contributed by atoms with van der Waals surface area (Å²) in [5, 5.41) is 7.99. The quantitative estimate of drug-likeness (QED) is 0.818. The maximum atomic E-state index is 11.9. The van der Waals surface area contributed by atoms with Crippen molar-refractivity contribution in [1.29, 1.82) is 0 Å². The minimum absolute atomic E-state index is 0.0861. The fraction of sp³-hybridized carbons (Fsp3) is 0.667. The predicted octanol–water partition coefficient (Wildman–Crippen LogP) is 0.487. The molecule has 118 valence electrons. The Morgan fingerprint density at radius 1 is 1.52 bits per heavy atom. The lowest BCUT2D eigenvalue weighted by atomic mass is 9.95. The van der Waals surface area contributed by atoms with E-state index >= 15 is 0 Å². The zero-order valence-electron chi connectivity index (χ0n) is 11.9. The summed E-state index contributed by atoms with van der Waals surface area (Å²) in [4.78, 5) is 16.6. The van der Waals surface area contributed by atoms with Crippen molar-refractivity contribution in [2.75, 3.05) is 19.6 Å². The number of aryl methyl sites for hydroxylation is 1. The second kappa shape index (κ2) is 6.82. The highest BCUT2D eigenvalue weighted by atomic mass is 32.2. The van der Waals surface area contributed by atoms with E-state index in [-0.39, 0.29) is 5.91 Å². The summed E-state index contributed by atoms with van der Waals surface area (Å²) < 4.78 is 23.7. The van der Waals surface area contributed by atoms with E-state index < -0.39 is 10.2 Å². The number of nitrogens with two attached hydrogens (primary N) is 1. The van der Waals surface area contributed by atoms with Gasteiger partial charge in [-0.15, -0.1) is 11.3 Å². The number of rotatable bonds is 5. The van der Waals surface area contributed by atoms with Crippen molar-refractivity contribution in [3.05, 3.63) is 16.1 Å². The number of hydrogen-bond acceptors (Lipinski definition) is 5. The van der Waals surface area contributed by atoms with Crippen LogP contribution in [0.25, 0.3) is 0 Å².